The molecule has 0 bridgehead atoms. The van der Waals surface area contributed by atoms with Crippen LogP contribution in [0.2, 0.25) is 0 Å². The van der Waals surface area contributed by atoms with Crippen LogP contribution in [0, 0.1) is 0 Å². The number of carbonyl (C=O) groups is 1. The molecule has 0 spiro atoms. The second-order valence-corrected chi connectivity index (χ2v) is 5.73. The van der Waals surface area contributed by atoms with Gasteiger partial charge in [-0.3, -0.25) is 4.79 Å². The van der Waals surface area contributed by atoms with Gasteiger partial charge in [0.2, 0.25) is 5.91 Å². The molecule has 1 aromatic rings. The topological polar surface area (TPSA) is 58.6 Å². The van der Waals surface area contributed by atoms with Crippen LogP contribution in [0.4, 0.5) is 0 Å². The molecule has 1 saturated carbocycles. The first-order valence-corrected chi connectivity index (χ1v) is 7.79. The molecule has 2 atom stereocenters. The van der Waals surface area contributed by atoms with Gasteiger partial charge >= 0.3 is 0 Å². The molecule has 0 radical (unpaired) electrons. The average Bonchev–Trinajstić information content (AvgIpc) is 2.71. The second-order valence-electron chi connectivity index (χ2n) is 5.73. The van der Waals surface area contributed by atoms with Gasteiger partial charge in [0.05, 0.1) is 19.3 Å². The van der Waals surface area contributed by atoms with Crippen LogP contribution >= 0.6 is 0 Å². The zero-order valence-corrected chi connectivity index (χ0v) is 12.7. The minimum absolute atomic E-state index is 0.0248. The van der Waals surface area contributed by atoms with E-state index in [0.717, 1.165) is 43.4 Å². The van der Waals surface area contributed by atoms with E-state index in [9.17, 15) is 9.90 Å². The molecular weight excluding hydrogens is 266 g/mol. The number of rotatable bonds is 5. The van der Waals surface area contributed by atoms with Crippen molar-refractivity contribution in [2.75, 3.05) is 7.11 Å². The summed E-state index contributed by atoms with van der Waals surface area (Å²) in [4.78, 5) is 12.0. The molecule has 0 saturated heterocycles. The van der Waals surface area contributed by atoms with Crippen molar-refractivity contribution in [2.45, 2.75) is 57.1 Å². The largest absolute Gasteiger partial charge is 0.497 e. The Hall–Kier alpha value is -1.55. The number of hydrogen-bond acceptors (Lipinski definition) is 3. The van der Waals surface area contributed by atoms with Gasteiger partial charge in [0.25, 0.3) is 0 Å². The summed E-state index contributed by atoms with van der Waals surface area (Å²) in [6.07, 6.45) is 5.74. The monoisotopic (exact) mass is 291 g/mol. The number of methoxy groups -OCH3 is 1. The summed E-state index contributed by atoms with van der Waals surface area (Å²) >= 11 is 0. The average molecular weight is 291 g/mol. The highest BCUT2D eigenvalue weighted by Crippen LogP contribution is 2.18. The van der Waals surface area contributed by atoms with E-state index in [1.807, 2.05) is 24.3 Å². The summed E-state index contributed by atoms with van der Waals surface area (Å²) in [5, 5.41) is 13.0. The first-order chi connectivity index (χ1) is 10.2. The van der Waals surface area contributed by atoms with Crippen LogP contribution in [-0.2, 0) is 11.2 Å². The van der Waals surface area contributed by atoms with Crippen LogP contribution in [0.1, 0.15) is 44.1 Å². The van der Waals surface area contributed by atoms with Gasteiger partial charge in [-0.2, -0.15) is 0 Å². The van der Waals surface area contributed by atoms with E-state index < -0.39 is 6.10 Å². The number of nitrogens with one attached hydrogen (secondary N) is 1. The summed E-state index contributed by atoms with van der Waals surface area (Å²) in [7, 11) is 1.64. The van der Waals surface area contributed by atoms with Crippen molar-refractivity contribution in [3.05, 3.63) is 29.8 Å². The van der Waals surface area contributed by atoms with E-state index in [1.54, 1.807) is 7.11 Å². The molecule has 2 rings (SSSR count). The highest BCUT2D eigenvalue weighted by Gasteiger charge is 2.22. The third kappa shape index (κ3) is 5.05. The molecule has 2 N–H and O–H groups in total. The van der Waals surface area contributed by atoms with E-state index in [0.29, 0.717) is 12.8 Å². The van der Waals surface area contributed by atoms with Crippen LogP contribution in [-0.4, -0.2) is 30.3 Å². The second kappa shape index (κ2) is 8.03. The minimum atomic E-state index is -0.391. The number of ether oxygens (including phenoxy) is 1. The van der Waals surface area contributed by atoms with E-state index in [2.05, 4.69) is 5.32 Å². The van der Waals surface area contributed by atoms with Crippen molar-refractivity contribution in [3.63, 3.8) is 0 Å². The van der Waals surface area contributed by atoms with Gasteiger partial charge in [0, 0.05) is 6.42 Å². The Bertz CT molecular complexity index is 444. The van der Waals surface area contributed by atoms with Gasteiger partial charge in [-0.1, -0.05) is 31.4 Å². The third-order valence-corrected chi connectivity index (χ3v) is 4.13. The lowest BCUT2D eigenvalue weighted by Crippen LogP contribution is -2.42. The van der Waals surface area contributed by atoms with Crippen LogP contribution in [0.15, 0.2) is 24.3 Å². The van der Waals surface area contributed by atoms with E-state index >= 15 is 0 Å². The Balaban J connectivity index is 1.78. The zero-order chi connectivity index (χ0) is 15.1. The SMILES string of the molecule is COc1ccc(CCC(=O)NC2CCCCCC2O)cc1. The first-order valence-electron chi connectivity index (χ1n) is 7.79. The van der Waals surface area contributed by atoms with Gasteiger partial charge in [0.15, 0.2) is 0 Å². The fraction of sp³-hybridized carbons (Fsp3) is 0.588. The Morgan fingerprint density at radius 2 is 1.95 bits per heavy atom. The molecule has 21 heavy (non-hydrogen) atoms. The lowest BCUT2D eigenvalue weighted by atomic mass is 10.1. The number of carbonyl (C=O) groups excluding carboxylic acids is 1. The Morgan fingerprint density at radius 3 is 2.67 bits per heavy atom. The number of aryl methyl sites for hydroxylation is 1. The summed E-state index contributed by atoms with van der Waals surface area (Å²) in [5.41, 5.74) is 1.12. The lowest BCUT2D eigenvalue weighted by molar-refractivity contribution is -0.122. The first kappa shape index (κ1) is 15.8. The molecule has 0 aliphatic heterocycles. The Kier molecular flexibility index (Phi) is 6.05. The van der Waals surface area contributed by atoms with Crippen LogP contribution < -0.4 is 10.1 Å². The molecule has 2 unspecified atom stereocenters. The zero-order valence-electron chi connectivity index (χ0n) is 12.7. The van der Waals surface area contributed by atoms with Crippen molar-refractivity contribution in [1.82, 2.24) is 5.32 Å². The number of hydrogen-bond donors (Lipinski definition) is 2. The standard InChI is InChI=1S/C17H25NO3/c1-21-14-10-7-13(8-11-14)9-12-17(20)18-15-5-3-2-4-6-16(15)19/h7-8,10-11,15-16,19H,2-6,9,12H2,1H3,(H,18,20). The van der Waals surface area contributed by atoms with E-state index in [-0.39, 0.29) is 11.9 Å². The molecule has 1 aromatic carbocycles. The number of aliphatic hydroxyl groups is 1. The summed E-state index contributed by atoms with van der Waals surface area (Å²) in [6.45, 7) is 0. The molecule has 1 aliphatic carbocycles. The molecular formula is C17H25NO3. The predicted molar refractivity (Wildman–Crippen MR) is 82.3 cm³/mol. The molecule has 1 aliphatic rings. The summed E-state index contributed by atoms with van der Waals surface area (Å²) < 4.78 is 5.11. The predicted octanol–water partition coefficient (Wildman–Crippen LogP) is 2.44. The molecule has 1 fully saturated rings. The summed E-state index contributed by atoms with van der Waals surface area (Å²) in [5.74, 6) is 0.849. The van der Waals surface area contributed by atoms with Gasteiger partial charge in [0.1, 0.15) is 5.75 Å². The Morgan fingerprint density at radius 1 is 1.24 bits per heavy atom. The van der Waals surface area contributed by atoms with Crippen LogP contribution in [0.3, 0.4) is 0 Å². The number of aliphatic hydroxyl groups excluding tert-OH is 1. The molecule has 4 nitrogen and oxygen atoms in total. The molecule has 0 aromatic heterocycles. The van der Waals surface area contributed by atoms with Crippen molar-refractivity contribution in [1.29, 1.82) is 0 Å². The number of benzene rings is 1. The molecule has 116 valence electrons. The maximum absolute atomic E-state index is 12.0. The Labute approximate surface area is 126 Å². The smallest absolute Gasteiger partial charge is 0.220 e. The van der Waals surface area contributed by atoms with E-state index in [1.165, 1.54) is 0 Å². The molecule has 0 heterocycles. The van der Waals surface area contributed by atoms with Gasteiger partial charge in [-0.15, -0.1) is 0 Å². The lowest BCUT2D eigenvalue weighted by Gasteiger charge is -2.21. The van der Waals surface area contributed by atoms with Gasteiger partial charge < -0.3 is 15.2 Å². The quantitative estimate of drug-likeness (QED) is 0.819. The fourth-order valence-electron chi connectivity index (χ4n) is 2.79. The summed E-state index contributed by atoms with van der Waals surface area (Å²) in [6, 6.07) is 7.69. The van der Waals surface area contributed by atoms with Gasteiger partial charge in [-0.25, -0.2) is 0 Å². The molecule has 4 heteroatoms. The van der Waals surface area contributed by atoms with Crippen LogP contribution in [0.5, 0.6) is 5.75 Å². The van der Waals surface area contributed by atoms with E-state index in [4.69, 9.17) is 4.74 Å². The highest BCUT2D eigenvalue weighted by atomic mass is 16.5. The minimum Gasteiger partial charge on any atom is -0.497 e. The molecule has 1 amide bonds. The van der Waals surface area contributed by atoms with Crippen molar-refractivity contribution >= 4 is 5.91 Å². The maximum atomic E-state index is 12.0. The van der Waals surface area contributed by atoms with Crippen molar-refractivity contribution in [3.8, 4) is 5.75 Å². The van der Waals surface area contributed by atoms with Gasteiger partial charge in [-0.05, 0) is 37.0 Å². The van der Waals surface area contributed by atoms with Crippen LogP contribution in [0.25, 0.3) is 0 Å². The van der Waals surface area contributed by atoms with Crippen molar-refractivity contribution in [2.24, 2.45) is 0 Å². The van der Waals surface area contributed by atoms with Crippen molar-refractivity contribution < 1.29 is 14.6 Å². The third-order valence-electron chi connectivity index (χ3n) is 4.13. The maximum Gasteiger partial charge on any atom is 0.220 e. The fourth-order valence-corrected chi connectivity index (χ4v) is 2.79. The number of amides is 1. The normalized spacial score (nSPS) is 22.4. The highest BCUT2D eigenvalue weighted by molar-refractivity contribution is 5.76.